The molecular weight excluding hydrogens is 214 g/mol. The molecule has 1 aliphatic rings. The fourth-order valence-corrected chi connectivity index (χ4v) is 1.66. The Bertz CT molecular complexity index is 483. The van der Waals surface area contributed by atoms with Crippen LogP contribution in [-0.4, -0.2) is 18.3 Å². The quantitative estimate of drug-likeness (QED) is 0.813. The molecule has 0 aromatic heterocycles. The molecule has 3 heteroatoms. The van der Waals surface area contributed by atoms with Gasteiger partial charge >= 0.3 is 0 Å². The minimum absolute atomic E-state index is 0.593. The molecule has 0 heterocycles. The molecule has 1 aromatic carbocycles. The molecule has 0 saturated carbocycles. The van der Waals surface area contributed by atoms with Gasteiger partial charge in [0.15, 0.2) is 0 Å². The fourth-order valence-electron chi connectivity index (χ4n) is 1.66. The van der Waals surface area contributed by atoms with E-state index in [0.717, 1.165) is 16.9 Å². The van der Waals surface area contributed by atoms with Crippen LogP contribution in [0.3, 0.4) is 0 Å². The van der Waals surface area contributed by atoms with Crippen LogP contribution in [0.4, 0.5) is 0 Å². The van der Waals surface area contributed by atoms with E-state index in [4.69, 9.17) is 10.5 Å². The van der Waals surface area contributed by atoms with E-state index >= 15 is 0 Å². The number of benzene rings is 1. The van der Waals surface area contributed by atoms with Crippen molar-refractivity contribution in [2.75, 3.05) is 7.11 Å². The lowest BCUT2D eigenvalue weighted by Gasteiger charge is -2.13. The van der Waals surface area contributed by atoms with E-state index in [1.807, 2.05) is 30.3 Å². The summed E-state index contributed by atoms with van der Waals surface area (Å²) in [5.41, 5.74) is 8.12. The van der Waals surface area contributed by atoms with Crippen LogP contribution in [0.2, 0.25) is 0 Å². The van der Waals surface area contributed by atoms with Crippen LogP contribution in [0.5, 0.6) is 5.75 Å². The average molecular weight is 229 g/mol. The van der Waals surface area contributed by atoms with Crippen LogP contribution in [0, 0.1) is 0 Å². The first kappa shape index (κ1) is 11.5. The molecule has 3 N–H and O–H groups in total. The third-order valence-corrected chi connectivity index (χ3v) is 2.59. The Kier molecular flexibility index (Phi) is 3.30. The molecule has 0 radical (unpaired) electrons. The Morgan fingerprint density at radius 2 is 2.00 bits per heavy atom. The topological polar surface area (TPSA) is 55.5 Å². The molecule has 0 fully saturated rings. The molecule has 3 nitrogen and oxygen atoms in total. The maximum Gasteiger partial charge on any atom is 0.118 e. The molecule has 0 saturated heterocycles. The van der Waals surface area contributed by atoms with Gasteiger partial charge in [0.05, 0.1) is 13.2 Å². The van der Waals surface area contributed by atoms with E-state index in [0.29, 0.717) is 5.70 Å². The highest BCUT2D eigenvalue weighted by Crippen LogP contribution is 2.19. The minimum atomic E-state index is -0.593. The van der Waals surface area contributed by atoms with Crippen LogP contribution in [0.1, 0.15) is 5.56 Å². The first-order chi connectivity index (χ1) is 8.19. The molecule has 0 spiro atoms. The summed E-state index contributed by atoms with van der Waals surface area (Å²) in [6.07, 6.45) is 6.46. The number of ether oxygens (including phenoxy) is 1. The maximum absolute atomic E-state index is 9.77. The molecular formula is C14H15NO2. The van der Waals surface area contributed by atoms with Crippen molar-refractivity contribution < 1.29 is 9.84 Å². The van der Waals surface area contributed by atoms with Crippen molar-refractivity contribution in [1.82, 2.24) is 0 Å². The Morgan fingerprint density at radius 3 is 2.65 bits per heavy atom. The van der Waals surface area contributed by atoms with Crippen molar-refractivity contribution in [3.8, 4) is 5.75 Å². The number of hydrogen-bond donors (Lipinski definition) is 2. The zero-order valence-electron chi connectivity index (χ0n) is 9.63. The largest absolute Gasteiger partial charge is 0.497 e. The van der Waals surface area contributed by atoms with Crippen molar-refractivity contribution in [3.05, 3.63) is 59.3 Å². The smallest absolute Gasteiger partial charge is 0.118 e. The normalized spacial score (nSPS) is 21.4. The Morgan fingerprint density at radius 1 is 1.29 bits per heavy atom. The SMILES string of the molecule is COc1ccc(C=C2C=C(N)C=CC2O)cc1. The number of methoxy groups -OCH3 is 1. The van der Waals surface area contributed by atoms with Crippen molar-refractivity contribution in [3.63, 3.8) is 0 Å². The van der Waals surface area contributed by atoms with E-state index in [1.165, 1.54) is 0 Å². The molecule has 0 aliphatic heterocycles. The highest BCUT2D eigenvalue weighted by Gasteiger charge is 2.09. The van der Waals surface area contributed by atoms with E-state index in [2.05, 4.69) is 0 Å². The van der Waals surface area contributed by atoms with Gasteiger partial charge < -0.3 is 15.6 Å². The number of aliphatic hydroxyl groups is 1. The molecule has 1 atom stereocenters. The van der Waals surface area contributed by atoms with Gasteiger partial charge in [0.25, 0.3) is 0 Å². The van der Waals surface area contributed by atoms with Gasteiger partial charge in [0, 0.05) is 5.70 Å². The number of hydrogen-bond acceptors (Lipinski definition) is 3. The van der Waals surface area contributed by atoms with Crippen molar-refractivity contribution in [2.45, 2.75) is 6.10 Å². The van der Waals surface area contributed by atoms with Gasteiger partial charge in [0.2, 0.25) is 0 Å². The molecule has 88 valence electrons. The van der Waals surface area contributed by atoms with Crippen molar-refractivity contribution in [1.29, 1.82) is 0 Å². The molecule has 0 bridgehead atoms. The molecule has 1 unspecified atom stereocenters. The summed E-state index contributed by atoms with van der Waals surface area (Å²) in [6, 6.07) is 7.62. The summed E-state index contributed by atoms with van der Waals surface area (Å²) in [7, 11) is 1.63. The second-order valence-corrected chi connectivity index (χ2v) is 3.87. The first-order valence-electron chi connectivity index (χ1n) is 5.38. The zero-order valence-corrected chi connectivity index (χ0v) is 9.63. The first-order valence-corrected chi connectivity index (χ1v) is 5.38. The van der Waals surface area contributed by atoms with Gasteiger partial charge in [-0.1, -0.05) is 12.1 Å². The van der Waals surface area contributed by atoms with Gasteiger partial charge in [-0.25, -0.2) is 0 Å². The number of allylic oxidation sites excluding steroid dienone is 1. The third kappa shape index (κ3) is 2.77. The predicted molar refractivity (Wildman–Crippen MR) is 68.4 cm³/mol. The second-order valence-electron chi connectivity index (χ2n) is 3.87. The molecule has 1 aromatic rings. The van der Waals surface area contributed by atoms with Gasteiger partial charge in [0.1, 0.15) is 5.75 Å². The van der Waals surface area contributed by atoms with Crippen molar-refractivity contribution in [2.24, 2.45) is 5.73 Å². The summed E-state index contributed by atoms with van der Waals surface area (Å²) < 4.78 is 5.08. The lowest BCUT2D eigenvalue weighted by atomic mass is 10.0. The Labute approximate surface area is 101 Å². The highest BCUT2D eigenvalue weighted by atomic mass is 16.5. The second kappa shape index (κ2) is 4.89. The van der Waals surface area contributed by atoms with Gasteiger partial charge in [-0.15, -0.1) is 0 Å². The van der Waals surface area contributed by atoms with E-state index in [1.54, 1.807) is 25.3 Å². The summed E-state index contributed by atoms with van der Waals surface area (Å²) in [4.78, 5) is 0. The minimum Gasteiger partial charge on any atom is -0.497 e. The monoisotopic (exact) mass is 229 g/mol. The molecule has 17 heavy (non-hydrogen) atoms. The fraction of sp³-hybridized carbons (Fsp3) is 0.143. The van der Waals surface area contributed by atoms with E-state index in [9.17, 15) is 5.11 Å². The predicted octanol–water partition coefficient (Wildman–Crippen LogP) is 1.85. The maximum atomic E-state index is 9.77. The number of nitrogens with two attached hydrogens (primary N) is 1. The zero-order chi connectivity index (χ0) is 12.3. The van der Waals surface area contributed by atoms with E-state index in [-0.39, 0.29) is 0 Å². The van der Waals surface area contributed by atoms with E-state index < -0.39 is 6.10 Å². The summed E-state index contributed by atoms with van der Waals surface area (Å²) in [6.45, 7) is 0. The average Bonchev–Trinajstić information content (AvgIpc) is 2.35. The van der Waals surface area contributed by atoms with Crippen LogP contribution < -0.4 is 10.5 Å². The van der Waals surface area contributed by atoms with Crippen LogP contribution in [0.15, 0.2) is 53.8 Å². The Hall–Kier alpha value is -2.00. The van der Waals surface area contributed by atoms with Gasteiger partial charge in [-0.05, 0) is 47.6 Å². The Balaban J connectivity index is 2.26. The van der Waals surface area contributed by atoms with Crippen LogP contribution in [0.25, 0.3) is 6.08 Å². The lowest BCUT2D eigenvalue weighted by Crippen LogP contribution is -2.11. The van der Waals surface area contributed by atoms with Gasteiger partial charge in [-0.3, -0.25) is 0 Å². The molecule has 1 aliphatic carbocycles. The molecule has 0 amide bonds. The van der Waals surface area contributed by atoms with Crippen molar-refractivity contribution >= 4 is 6.08 Å². The summed E-state index contributed by atoms with van der Waals surface area (Å²) >= 11 is 0. The summed E-state index contributed by atoms with van der Waals surface area (Å²) in [5.74, 6) is 0.811. The number of rotatable bonds is 2. The molecule has 2 rings (SSSR count). The highest BCUT2D eigenvalue weighted by molar-refractivity contribution is 5.60. The summed E-state index contributed by atoms with van der Waals surface area (Å²) in [5, 5.41) is 9.77. The standard InChI is InChI=1S/C14H15NO2/c1-17-13-5-2-10(3-6-13)8-11-9-12(15)4-7-14(11)16/h2-9,14,16H,15H2,1H3. The van der Waals surface area contributed by atoms with Gasteiger partial charge in [-0.2, -0.15) is 0 Å². The number of aliphatic hydroxyl groups excluding tert-OH is 1. The van der Waals surface area contributed by atoms with Crippen LogP contribution in [-0.2, 0) is 0 Å². The lowest BCUT2D eigenvalue weighted by molar-refractivity contribution is 0.263. The third-order valence-electron chi connectivity index (χ3n) is 2.59. The van der Waals surface area contributed by atoms with Crippen LogP contribution >= 0.6 is 0 Å².